The van der Waals surface area contributed by atoms with Crippen molar-refractivity contribution in [2.75, 3.05) is 13.1 Å². The molecular formula is C10H11N5O3. The van der Waals surface area contributed by atoms with Crippen LogP contribution >= 0.6 is 0 Å². The van der Waals surface area contributed by atoms with Crippen molar-refractivity contribution in [3.05, 3.63) is 49.9 Å². The van der Waals surface area contributed by atoms with Gasteiger partial charge in [-0.05, 0) is 18.5 Å². The number of nitro benzene ring substituents is 1. The summed E-state index contributed by atoms with van der Waals surface area (Å²) in [6.07, 6.45) is 0. The van der Waals surface area contributed by atoms with Crippen molar-refractivity contribution >= 4 is 11.6 Å². The number of rotatable bonds is 5. The van der Waals surface area contributed by atoms with E-state index < -0.39 is 10.8 Å². The third-order valence-corrected chi connectivity index (χ3v) is 2.31. The number of carbonyl (C=O) groups excluding carboxylic acids is 1. The molecule has 0 saturated carbocycles. The Kier molecular flexibility index (Phi) is 4.65. The van der Waals surface area contributed by atoms with Gasteiger partial charge in [0.15, 0.2) is 0 Å². The number of nitro groups is 1. The van der Waals surface area contributed by atoms with Gasteiger partial charge < -0.3 is 5.32 Å². The van der Waals surface area contributed by atoms with Crippen LogP contribution in [-0.4, -0.2) is 23.9 Å². The maximum atomic E-state index is 11.7. The first kappa shape index (κ1) is 13.5. The Morgan fingerprint density at radius 3 is 2.94 bits per heavy atom. The highest BCUT2D eigenvalue weighted by Crippen LogP contribution is 2.20. The van der Waals surface area contributed by atoms with Crippen LogP contribution in [-0.2, 0) is 0 Å². The van der Waals surface area contributed by atoms with Gasteiger partial charge >= 0.3 is 0 Å². The van der Waals surface area contributed by atoms with Gasteiger partial charge in [-0.2, -0.15) is 0 Å². The van der Waals surface area contributed by atoms with Crippen molar-refractivity contribution in [2.24, 2.45) is 5.11 Å². The fourth-order valence-electron chi connectivity index (χ4n) is 1.43. The molecule has 0 atom stereocenters. The number of nitrogens with zero attached hydrogens (tertiary/aromatic N) is 4. The van der Waals surface area contributed by atoms with Crippen LogP contribution in [0.5, 0.6) is 0 Å². The lowest BCUT2D eigenvalue weighted by Gasteiger charge is -2.06. The molecule has 1 N–H and O–H groups in total. The molecule has 1 amide bonds. The summed E-state index contributed by atoms with van der Waals surface area (Å²) in [5.74, 6) is -0.427. The quantitative estimate of drug-likeness (QED) is 0.214. The summed E-state index contributed by atoms with van der Waals surface area (Å²) in [5, 5.41) is 16.5. The van der Waals surface area contributed by atoms with Gasteiger partial charge in [0, 0.05) is 35.2 Å². The van der Waals surface area contributed by atoms with Crippen LogP contribution in [0.4, 0.5) is 5.69 Å². The minimum atomic E-state index is -0.536. The third kappa shape index (κ3) is 3.19. The van der Waals surface area contributed by atoms with Gasteiger partial charge in [0.05, 0.1) is 4.92 Å². The lowest BCUT2D eigenvalue weighted by Crippen LogP contribution is -2.26. The highest BCUT2D eigenvalue weighted by atomic mass is 16.6. The van der Waals surface area contributed by atoms with Gasteiger partial charge in [0.1, 0.15) is 0 Å². The molecule has 1 aromatic rings. The van der Waals surface area contributed by atoms with Crippen LogP contribution in [0.25, 0.3) is 10.4 Å². The average molecular weight is 249 g/mol. The zero-order valence-corrected chi connectivity index (χ0v) is 9.66. The number of nitrogens with one attached hydrogen (secondary N) is 1. The van der Waals surface area contributed by atoms with Gasteiger partial charge in [-0.15, -0.1) is 0 Å². The molecule has 0 heterocycles. The molecule has 0 saturated heterocycles. The van der Waals surface area contributed by atoms with Crippen molar-refractivity contribution in [1.82, 2.24) is 5.32 Å². The number of hydrogen-bond donors (Lipinski definition) is 1. The molecule has 0 bridgehead atoms. The summed E-state index contributed by atoms with van der Waals surface area (Å²) in [7, 11) is 0. The fraction of sp³-hybridized carbons (Fsp3) is 0.300. The maximum absolute atomic E-state index is 11.7. The largest absolute Gasteiger partial charge is 0.352 e. The molecule has 18 heavy (non-hydrogen) atoms. The smallest absolute Gasteiger partial charge is 0.273 e. The Labute approximate surface area is 102 Å². The summed E-state index contributed by atoms with van der Waals surface area (Å²) in [6.45, 7) is 1.84. The summed E-state index contributed by atoms with van der Waals surface area (Å²) < 4.78 is 0. The van der Waals surface area contributed by atoms with Crippen LogP contribution in [0.2, 0.25) is 0 Å². The van der Waals surface area contributed by atoms with Crippen LogP contribution in [0.3, 0.4) is 0 Å². The summed E-state index contributed by atoms with van der Waals surface area (Å²) >= 11 is 0. The van der Waals surface area contributed by atoms with Crippen molar-refractivity contribution in [3.8, 4) is 0 Å². The SMILES string of the molecule is Cc1c(C(=O)NCCN=[N+]=[N-])cccc1[N+](=O)[O-]. The molecule has 0 spiro atoms. The molecule has 94 valence electrons. The Morgan fingerprint density at radius 1 is 1.61 bits per heavy atom. The molecule has 1 aromatic carbocycles. The van der Waals surface area contributed by atoms with E-state index in [-0.39, 0.29) is 24.3 Å². The minimum absolute atomic E-state index is 0.0994. The zero-order valence-electron chi connectivity index (χ0n) is 9.66. The number of hydrogen-bond acceptors (Lipinski definition) is 4. The monoisotopic (exact) mass is 249 g/mol. The topological polar surface area (TPSA) is 121 Å². The molecule has 0 aliphatic carbocycles. The van der Waals surface area contributed by atoms with Crippen LogP contribution in [0, 0.1) is 17.0 Å². The second kappa shape index (κ2) is 6.21. The lowest BCUT2D eigenvalue weighted by atomic mass is 10.1. The number of benzene rings is 1. The van der Waals surface area contributed by atoms with E-state index >= 15 is 0 Å². The Bertz CT molecular complexity index is 522. The standard InChI is InChI=1S/C10H11N5O3/c1-7-8(3-2-4-9(7)15(17)18)10(16)12-5-6-13-14-11/h2-4H,5-6H2,1H3,(H,12,16). The molecule has 0 aliphatic rings. The average Bonchev–Trinajstić information content (AvgIpc) is 2.34. The van der Waals surface area contributed by atoms with Gasteiger partial charge in [0.25, 0.3) is 11.6 Å². The van der Waals surface area contributed by atoms with E-state index in [0.29, 0.717) is 5.56 Å². The number of amides is 1. The first-order valence-electron chi connectivity index (χ1n) is 5.11. The van der Waals surface area contributed by atoms with Crippen molar-refractivity contribution in [2.45, 2.75) is 6.92 Å². The Balaban J connectivity index is 2.83. The Morgan fingerprint density at radius 2 is 2.33 bits per heavy atom. The molecule has 0 aromatic heterocycles. The van der Waals surface area contributed by atoms with Crippen LogP contribution in [0.1, 0.15) is 15.9 Å². The van der Waals surface area contributed by atoms with Gasteiger partial charge in [-0.1, -0.05) is 11.2 Å². The predicted octanol–water partition coefficient (Wildman–Crippen LogP) is 1.94. The molecule has 0 radical (unpaired) electrons. The molecule has 1 rings (SSSR count). The van der Waals surface area contributed by atoms with Crippen LogP contribution < -0.4 is 5.32 Å². The van der Waals surface area contributed by atoms with Crippen LogP contribution in [0.15, 0.2) is 23.3 Å². The third-order valence-electron chi connectivity index (χ3n) is 2.31. The second-order valence-electron chi connectivity index (χ2n) is 3.42. The van der Waals surface area contributed by atoms with Gasteiger partial charge in [-0.3, -0.25) is 14.9 Å². The van der Waals surface area contributed by atoms with Gasteiger partial charge in [-0.25, -0.2) is 0 Å². The lowest BCUT2D eigenvalue weighted by molar-refractivity contribution is -0.385. The van der Waals surface area contributed by atoms with Gasteiger partial charge in [0.2, 0.25) is 0 Å². The first-order chi connectivity index (χ1) is 8.57. The molecule has 8 nitrogen and oxygen atoms in total. The highest BCUT2D eigenvalue weighted by Gasteiger charge is 2.17. The van der Waals surface area contributed by atoms with Crippen molar-refractivity contribution in [3.63, 3.8) is 0 Å². The number of carbonyl (C=O) groups is 1. The fourth-order valence-corrected chi connectivity index (χ4v) is 1.43. The van der Waals surface area contributed by atoms with E-state index in [1.54, 1.807) is 0 Å². The summed E-state index contributed by atoms with van der Waals surface area (Å²) in [6, 6.07) is 4.30. The predicted molar refractivity (Wildman–Crippen MR) is 64.2 cm³/mol. The molecule has 0 fully saturated rings. The Hall–Kier alpha value is -2.60. The minimum Gasteiger partial charge on any atom is -0.352 e. The van der Waals surface area contributed by atoms with E-state index in [2.05, 4.69) is 15.3 Å². The summed E-state index contributed by atoms with van der Waals surface area (Å²) in [4.78, 5) is 24.5. The van der Waals surface area contributed by atoms with Crippen molar-refractivity contribution < 1.29 is 9.72 Å². The molecular weight excluding hydrogens is 238 g/mol. The normalized spacial score (nSPS) is 9.39. The summed E-state index contributed by atoms with van der Waals surface area (Å²) in [5.41, 5.74) is 8.51. The molecule has 8 heteroatoms. The number of azide groups is 1. The van der Waals surface area contributed by atoms with E-state index in [9.17, 15) is 14.9 Å². The van der Waals surface area contributed by atoms with E-state index in [1.165, 1.54) is 25.1 Å². The molecule has 0 unspecified atom stereocenters. The second-order valence-corrected chi connectivity index (χ2v) is 3.42. The van der Waals surface area contributed by atoms with Crippen molar-refractivity contribution in [1.29, 1.82) is 0 Å². The first-order valence-corrected chi connectivity index (χ1v) is 5.11. The zero-order chi connectivity index (χ0) is 13.5. The van der Waals surface area contributed by atoms with E-state index in [0.717, 1.165) is 0 Å². The molecule has 0 aliphatic heterocycles. The van der Waals surface area contributed by atoms with E-state index in [1.807, 2.05) is 0 Å². The highest BCUT2D eigenvalue weighted by molar-refractivity contribution is 5.96. The van der Waals surface area contributed by atoms with E-state index in [4.69, 9.17) is 5.53 Å². The maximum Gasteiger partial charge on any atom is 0.273 e.